The molecule has 128 valence electrons. The van der Waals surface area contributed by atoms with E-state index >= 15 is 0 Å². The number of amides is 1. The van der Waals surface area contributed by atoms with Crippen LogP contribution in [0.25, 0.3) is 21.2 Å². The Balaban J connectivity index is 1.59. The maximum Gasteiger partial charge on any atom is 0.265 e. The van der Waals surface area contributed by atoms with Crippen LogP contribution < -0.4 is 5.32 Å². The van der Waals surface area contributed by atoms with Crippen LogP contribution in [0, 0.1) is 13.8 Å². The van der Waals surface area contributed by atoms with Gasteiger partial charge in [0.25, 0.3) is 5.91 Å². The third-order valence-corrected chi connectivity index (χ3v) is 5.63. The predicted octanol–water partition coefficient (Wildman–Crippen LogP) is 6.44. The number of fused-ring (bicyclic) bond motifs is 1. The first-order valence-electron chi connectivity index (χ1n) is 8.58. The highest BCUT2D eigenvalue weighted by Crippen LogP contribution is 2.31. The summed E-state index contributed by atoms with van der Waals surface area (Å²) in [6.45, 7) is 4.06. The van der Waals surface area contributed by atoms with Gasteiger partial charge in [-0.2, -0.15) is 0 Å². The lowest BCUT2D eigenvalue weighted by Gasteiger charge is -2.08. The maximum absolute atomic E-state index is 12.6. The Kier molecular flexibility index (Phi) is 4.31. The zero-order chi connectivity index (χ0) is 18.1. The molecule has 0 fully saturated rings. The van der Waals surface area contributed by atoms with Gasteiger partial charge in [0.2, 0.25) is 0 Å². The van der Waals surface area contributed by atoms with Crippen molar-refractivity contribution in [1.29, 1.82) is 0 Å². The SMILES string of the molecule is Cc1ccc(NC(=O)c2ccc(-c3ccc4ccccc4c3)s2)c(C)c1. The highest BCUT2D eigenvalue weighted by molar-refractivity contribution is 7.17. The normalized spacial score (nSPS) is 10.8. The molecule has 1 heterocycles. The minimum Gasteiger partial charge on any atom is -0.321 e. The molecule has 4 aromatic rings. The van der Waals surface area contributed by atoms with E-state index in [0.717, 1.165) is 21.7 Å². The number of rotatable bonds is 3. The van der Waals surface area contributed by atoms with Crippen molar-refractivity contribution < 1.29 is 4.79 Å². The third-order valence-electron chi connectivity index (χ3n) is 4.49. The standard InChI is InChI=1S/C23H19NOS/c1-15-7-10-20(16(2)13-15)24-23(25)22-12-11-21(26-22)19-9-8-17-5-3-4-6-18(17)14-19/h3-14H,1-2H3,(H,24,25). The van der Waals surface area contributed by atoms with Crippen molar-refractivity contribution in [3.63, 3.8) is 0 Å². The first-order chi connectivity index (χ1) is 12.6. The van der Waals surface area contributed by atoms with Gasteiger partial charge in [0, 0.05) is 10.6 Å². The summed E-state index contributed by atoms with van der Waals surface area (Å²) < 4.78 is 0. The number of hydrogen-bond donors (Lipinski definition) is 1. The molecule has 0 unspecified atom stereocenters. The van der Waals surface area contributed by atoms with Crippen molar-refractivity contribution in [3.8, 4) is 10.4 Å². The van der Waals surface area contributed by atoms with Crippen molar-refractivity contribution in [2.75, 3.05) is 5.32 Å². The molecular formula is C23H19NOS. The fourth-order valence-corrected chi connectivity index (χ4v) is 3.99. The molecule has 26 heavy (non-hydrogen) atoms. The predicted molar refractivity (Wildman–Crippen MR) is 111 cm³/mol. The van der Waals surface area contributed by atoms with Crippen LogP contribution in [-0.2, 0) is 0 Å². The third kappa shape index (κ3) is 3.26. The summed E-state index contributed by atoms with van der Waals surface area (Å²) in [5.74, 6) is -0.0611. The van der Waals surface area contributed by atoms with Crippen molar-refractivity contribution >= 4 is 33.7 Å². The average Bonchev–Trinajstić information content (AvgIpc) is 3.14. The maximum atomic E-state index is 12.6. The molecule has 0 saturated heterocycles. The van der Waals surface area contributed by atoms with Crippen LogP contribution in [0.5, 0.6) is 0 Å². The van der Waals surface area contributed by atoms with Gasteiger partial charge in [0.15, 0.2) is 0 Å². The van der Waals surface area contributed by atoms with Crippen molar-refractivity contribution in [2.45, 2.75) is 13.8 Å². The number of thiophene rings is 1. The Morgan fingerprint density at radius 1 is 0.846 bits per heavy atom. The summed E-state index contributed by atoms with van der Waals surface area (Å²) in [7, 11) is 0. The minimum atomic E-state index is -0.0611. The number of aryl methyl sites for hydroxylation is 2. The Morgan fingerprint density at radius 2 is 1.65 bits per heavy atom. The lowest BCUT2D eigenvalue weighted by atomic mass is 10.1. The summed E-state index contributed by atoms with van der Waals surface area (Å²) in [6.07, 6.45) is 0. The number of benzene rings is 3. The molecule has 0 aliphatic rings. The molecule has 0 radical (unpaired) electrons. The van der Waals surface area contributed by atoms with E-state index < -0.39 is 0 Å². The molecule has 0 saturated carbocycles. The van der Waals surface area contributed by atoms with Crippen LogP contribution in [0.4, 0.5) is 5.69 Å². The lowest BCUT2D eigenvalue weighted by Crippen LogP contribution is -2.11. The van der Waals surface area contributed by atoms with Gasteiger partial charge in [-0.15, -0.1) is 11.3 Å². The quantitative estimate of drug-likeness (QED) is 0.449. The van der Waals surface area contributed by atoms with Crippen molar-refractivity contribution in [3.05, 3.63) is 88.8 Å². The molecule has 3 aromatic carbocycles. The molecule has 1 aromatic heterocycles. The molecular weight excluding hydrogens is 338 g/mol. The topological polar surface area (TPSA) is 29.1 Å². The smallest absolute Gasteiger partial charge is 0.265 e. The average molecular weight is 357 g/mol. The summed E-state index contributed by atoms with van der Waals surface area (Å²) in [5.41, 5.74) is 4.26. The van der Waals surface area contributed by atoms with E-state index in [9.17, 15) is 4.79 Å². The number of hydrogen-bond acceptors (Lipinski definition) is 2. The van der Waals surface area contributed by atoms with Crippen molar-refractivity contribution in [1.82, 2.24) is 0 Å². The van der Waals surface area contributed by atoms with E-state index in [1.54, 1.807) is 0 Å². The Hall–Kier alpha value is -2.91. The molecule has 3 heteroatoms. The van der Waals surface area contributed by atoms with Crippen LogP contribution >= 0.6 is 11.3 Å². The van der Waals surface area contributed by atoms with Gasteiger partial charge in [-0.3, -0.25) is 4.79 Å². The summed E-state index contributed by atoms with van der Waals surface area (Å²) >= 11 is 1.52. The van der Waals surface area contributed by atoms with Crippen molar-refractivity contribution in [2.24, 2.45) is 0 Å². The van der Waals surface area contributed by atoms with Crippen LogP contribution in [0.3, 0.4) is 0 Å². The van der Waals surface area contributed by atoms with Gasteiger partial charge in [-0.05, 0) is 60.0 Å². The largest absolute Gasteiger partial charge is 0.321 e. The van der Waals surface area contributed by atoms with E-state index in [-0.39, 0.29) is 5.91 Å². The summed E-state index contributed by atoms with van der Waals surface area (Å²) in [6, 6.07) is 24.7. The Labute approximate surface area is 157 Å². The molecule has 0 atom stereocenters. The Bertz CT molecular complexity index is 1110. The molecule has 1 N–H and O–H groups in total. The number of nitrogens with one attached hydrogen (secondary N) is 1. The number of carbonyl (C=O) groups is 1. The summed E-state index contributed by atoms with van der Waals surface area (Å²) in [4.78, 5) is 14.4. The highest BCUT2D eigenvalue weighted by Gasteiger charge is 2.12. The lowest BCUT2D eigenvalue weighted by molar-refractivity contribution is 0.103. The fourth-order valence-electron chi connectivity index (χ4n) is 3.10. The zero-order valence-electron chi connectivity index (χ0n) is 14.7. The van der Waals surface area contributed by atoms with Crippen LogP contribution in [0.2, 0.25) is 0 Å². The van der Waals surface area contributed by atoms with Gasteiger partial charge >= 0.3 is 0 Å². The second-order valence-corrected chi connectivity index (χ2v) is 7.58. The van der Waals surface area contributed by atoms with Gasteiger partial charge in [0.1, 0.15) is 0 Å². The van der Waals surface area contributed by atoms with E-state index in [1.165, 1.54) is 27.7 Å². The minimum absolute atomic E-state index is 0.0611. The van der Waals surface area contributed by atoms with Crippen LogP contribution in [-0.4, -0.2) is 5.91 Å². The second-order valence-electron chi connectivity index (χ2n) is 6.50. The van der Waals surface area contributed by atoms with Crippen LogP contribution in [0.15, 0.2) is 72.8 Å². The van der Waals surface area contributed by atoms with Gasteiger partial charge in [0.05, 0.1) is 4.88 Å². The molecule has 2 nitrogen and oxygen atoms in total. The second kappa shape index (κ2) is 6.77. The van der Waals surface area contributed by atoms with E-state index in [2.05, 4.69) is 41.7 Å². The first-order valence-corrected chi connectivity index (χ1v) is 9.39. The summed E-state index contributed by atoms with van der Waals surface area (Å²) in [5, 5.41) is 5.45. The molecule has 0 bridgehead atoms. The fraction of sp³-hybridized carbons (Fsp3) is 0.0870. The molecule has 0 aliphatic heterocycles. The van der Waals surface area contributed by atoms with E-state index in [1.807, 2.05) is 50.2 Å². The molecule has 0 spiro atoms. The first kappa shape index (κ1) is 16.6. The number of carbonyl (C=O) groups excluding carboxylic acids is 1. The molecule has 4 rings (SSSR count). The highest BCUT2D eigenvalue weighted by atomic mass is 32.1. The molecule has 0 aliphatic carbocycles. The van der Waals surface area contributed by atoms with Gasteiger partial charge < -0.3 is 5.32 Å². The van der Waals surface area contributed by atoms with Gasteiger partial charge in [-0.25, -0.2) is 0 Å². The molecule has 1 amide bonds. The number of anilines is 1. The zero-order valence-corrected chi connectivity index (χ0v) is 15.6. The van der Waals surface area contributed by atoms with E-state index in [4.69, 9.17) is 0 Å². The monoisotopic (exact) mass is 357 g/mol. The van der Waals surface area contributed by atoms with Crippen LogP contribution in [0.1, 0.15) is 20.8 Å². The van der Waals surface area contributed by atoms with Gasteiger partial charge in [-0.1, -0.05) is 54.1 Å². The Morgan fingerprint density at radius 3 is 2.46 bits per heavy atom. The van der Waals surface area contributed by atoms with E-state index in [0.29, 0.717) is 4.88 Å².